The van der Waals surface area contributed by atoms with E-state index >= 15 is 0 Å². The van der Waals surface area contributed by atoms with Crippen molar-refractivity contribution in [2.75, 3.05) is 0 Å². The number of benzene rings is 2. The first-order valence-corrected chi connectivity index (χ1v) is 10.0. The number of pyridine rings is 1. The maximum Gasteiger partial charge on any atom is 0.271 e. The van der Waals surface area contributed by atoms with E-state index in [1.54, 1.807) is 42.9 Å². The molecule has 0 saturated heterocycles. The van der Waals surface area contributed by atoms with Crippen LogP contribution in [0.3, 0.4) is 0 Å². The van der Waals surface area contributed by atoms with Gasteiger partial charge in [0.05, 0.1) is 15.2 Å². The van der Waals surface area contributed by atoms with Crippen molar-refractivity contribution in [1.82, 2.24) is 10.4 Å². The summed E-state index contributed by atoms with van der Waals surface area (Å²) >= 11 is 7.04. The average Bonchev–Trinajstić information content (AvgIpc) is 2.68. The fraction of sp³-hybridized carbons (Fsp3) is 0.0952. The van der Waals surface area contributed by atoms with Crippen LogP contribution < -0.4 is 10.2 Å². The third-order valence-corrected chi connectivity index (χ3v) is 5.01. The smallest absolute Gasteiger partial charge is 0.271 e. The van der Waals surface area contributed by atoms with Gasteiger partial charge < -0.3 is 4.74 Å². The van der Waals surface area contributed by atoms with Crippen molar-refractivity contribution in [3.63, 3.8) is 0 Å². The zero-order chi connectivity index (χ0) is 19.9. The molecule has 3 rings (SSSR count). The molecule has 28 heavy (non-hydrogen) atoms. The van der Waals surface area contributed by atoms with Gasteiger partial charge in [-0.15, -0.1) is 0 Å². The quantitative estimate of drug-likeness (QED) is 0.369. The van der Waals surface area contributed by atoms with Gasteiger partial charge in [-0.05, 0) is 91.9 Å². The zero-order valence-electron chi connectivity index (χ0n) is 15.0. The predicted molar refractivity (Wildman–Crippen MR) is 117 cm³/mol. The lowest BCUT2D eigenvalue weighted by molar-refractivity contribution is 0.0955. The Labute approximate surface area is 180 Å². The second kappa shape index (κ2) is 9.61. The second-order valence-corrected chi connectivity index (χ2v) is 7.73. The molecule has 0 unspecified atom stereocenters. The van der Waals surface area contributed by atoms with E-state index in [4.69, 9.17) is 4.74 Å². The summed E-state index contributed by atoms with van der Waals surface area (Å²) in [7, 11) is 0. The lowest BCUT2D eigenvalue weighted by atomic mass is 10.1. The highest BCUT2D eigenvalue weighted by atomic mass is 79.9. The molecule has 0 spiro atoms. The van der Waals surface area contributed by atoms with Crippen molar-refractivity contribution in [1.29, 1.82) is 0 Å². The van der Waals surface area contributed by atoms with E-state index in [1.807, 2.05) is 31.2 Å². The number of aryl methyl sites for hydroxylation is 1. The van der Waals surface area contributed by atoms with Gasteiger partial charge in [0.1, 0.15) is 12.4 Å². The summed E-state index contributed by atoms with van der Waals surface area (Å²) in [4.78, 5) is 16.1. The summed E-state index contributed by atoms with van der Waals surface area (Å²) in [5, 5.41) is 3.96. The Morgan fingerprint density at radius 1 is 1.11 bits per heavy atom. The fourth-order valence-electron chi connectivity index (χ4n) is 2.41. The van der Waals surface area contributed by atoms with Gasteiger partial charge in [0, 0.05) is 18.0 Å². The van der Waals surface area contributed by atoms with E-state index < -0.39 is 0 Å². The van der Waals surface area contributed by atoms with Gasteiger partial charge >= 0.3 is 0 Å². The number of carbonyl (C=O) groups excluding carboxylic acids is 1. The Morgan fingerprint density at radius 2 is 1.75 bits per heavy atom. The zero-order valence-corrected chi connectivity index (χ0v) is 18.2. The lowest BCUT2D eigenvalue weighted by Gasteiger charge is -2.11. The Hall–Kier alpha value is -2.51. The molecule has 1 amide bonds. The summed E-state index contributed by atoms with van der Waals surface area (Å²) in [6.07, 6.45) is 4.90. The minimum absolute atomic E-state index is 0.276. The maximum atomic E-state index is 12.2. The molecule has 1 heterocycles. The van der Waals surface area contributed by atoms with Crippen LogP contribution >= 0.6 is 31.9 Å². The van der Waals surface area contributed by atoms with Crippen molar-refractivity contribution in [2.45, 2.75) is 13.5 Å². The number of carbonyl (C=O) groups is 1. The second-order valence-electron chi connectivity index (χ2n) is 6.02. The normalized spacial score (nSPS) is 10.8. The molecule has 0 atom stereocenters. The van der Waals surface area contributed by atoms with Crippen LogP contribution in [0.5, 0.6) is 5.75 Å². The summed E-state index contributed by atoms with van der Waals surface area (Å²) in [5.74, 6) is 0.472. The van der Waals surface area contributed by atoms with Crippen molar-refractivity contribution in [2.24, 2.45) is 5.10 Å². The van der Waals surface area contributed by atoms with Crippen molar-refractivity contribution in [3.05, 3.63) is 92.1 Å². The van der Waals surface area contributed by atoms with Crippen molar-refractivity contribution in [3.8, 4) is 5.75 Å². The molecular weight excluding hydrogens is 486 g/mol. The minimum atomic E-state index is -0.276. The molecular formula is C21H17Br2N3O2. The Bertz CT molecular complexity index is 967. The molecule has 3 aromatic rings. The topological polar surface area (TPSA) is 63.6 Å². The number of halogens is 2. The molecule has 7 heteroatoms. The number of ether oxygens (including phenoxy) is 1. The molecule has 0 radical (unpaired) electrons. The Balaban J connectivity index is 1.57. The lowest BCUT2D eigenvalue weighted by Crippen LogP contribution is -2.17. The molecule has 1 N–H and O–H groups in total. The van der Waals surface area contributed by atoms with Crippen molar-refractivity contribution >= 4 is 44.0 Å². The molecule has 142 valence electrons. The molecule has 0 aliphatic heterocycles. The van der Waals surface area contributed by atoms with Gasteiger partial charge in [0.2, 0.25) is 0 Å². The predicted octanol–water partition coefficient (Wildman–Crippen LogP) is 5.26. The standard InChI is InChI=1S/C21H17Br2N3O2/c1-14-10-18(22)20(19(23)11-14)28-13-16-2-4-17(5-3-16)21(27)26-25-12-15-6-8-24-9-7-15/h2-12H,13H2,1H3,(H,26,27)/b25-12-. The highest BCUT2D eigenvalue weighted by Crippen LogP contribution is 2.35. The van der Waals surface area contributed by atoms with E-state index in [2.05, 4.69) is 47.4 Å². The van der Waals surface area contributed by atoms with Gasteiger partial charge in [0.15, 0.2) is 0 Å². The first-order chi connectivity index (χ1) is 13.5. The van der Waals surface area contributed by atoms with Crippen LogP contribution in [0.15, 0.2) is 75.0 Å². The third kappa shape index (κ3) is 5.50. The summed E-state index contributed by atoms with van der Waals surface area (Å²) in [6, 6.07) is 14.8. The number of rotatable bonds is 6. The van der Waals surface area contributed by atoms with Crippen LogP contribution in [0.25, 0.3) is 0 Å². The highest BCUT2D eigenvalue weighted by molar-refractivity contribution is 9.11. The molecule has 0 saturated carbocycles. The highest BCUT2D eigenvalue weighted by Gasteiger charge is 2.09. The molecule has 1 aromatic heterocycles. The average molecular weight is 503 g/mol. The number of nitrogens with one attached hydrogen (secondary N) is 1. The molecule has 5 nitrogen and oxygen atoms in total. The van der Waals surface area contributed by atoms with E-state index in [0.29, 0.717) is 12.2 Å². The maximum absolute atomic E-state index is 12.2. The first kappa shape index (κ1) is 20.2. The number of aromatic nitrogens is 1. The van der Waals surface area contributed by atoms with Crippen molar-refractivity contribution < 1.29 is 9.53 Å². The number of amides is 1. The van der Waals surface area contributed by atoms with Gasteiger partial charge in [0.25, 0.3) is 5.91 Å². The summed E-state index contributed by atoms with van der Waals surface area (Å²) in [5.41, 5.74) is 5.98. The molecule has 0 aliphatic carbocycles. The van der Waals surface area contributed by atoms with Gasteiger partial charge in [-0.3, -0.25) is 9.78 Å². The van der Waals surface area contributed by atoms with Gasteiger partial charge in [-0.2, -0.15) is 5.10 Å². The molecule has 0 aliphatic rings. The molecule has 0 fully saturated rings. The fourth-order valence-corrected chi connectivity index (χ4v) is 4.06. The van der Waals surface area contributed by atoms with Crippen LogP contribution in [0, 0.1) is 6.92 Å². The van der Waals surface area contributed by atoms with Crippen LogP contribution in [-0.4, -0.2) is 17.1 Å². The number of nitrogens with zero attached hydrogens (tertiary/aromatic N) is 2. The van der Waals surface area contributed by atoms with E-state index in [1.165, 1.54) is 0 Å². The monoisotopic (exact) mass is 501 g/mol. The largest absolute Gasteiger partial charge is 0.487 e. The Kier molecular flexibility index (Phi) is 6.95. The van der Waals surface area contributed by atoms with E-state index in [9.17, 15) is 4.79 Å². The van der Waals surface area contributed by atoms with E-state index in [-0.39, 0.29) is 5.91 Å². The van der Waals surface area contributed by atoms with E-state index in [0.717, 1.165) is 31.4 Å². The summed E-state index contributed by atoms with van der Waals surface area (Å²) < 4.78 is 7.68. The van der Waals surface area contributed by atoms with Crippen LogP contribution in [0.2, 0.25) is 0 Å². The first-order valence-electron chi connectivity index (χ1n) is 8.44. The van der Waals surface area contributed by atoms with Crippen LogP contribution in [0.4, 0.5) is 0 Å². The van der Waals surface area contributed by atoms with Crippen LogP contribution in [0.1, 0.15) is 27.0 Å². The van der Waals surface area contributed by atoms with Gasteiger partial charge in [-0.25, -0.2) is 5.43 Å². The SMILES string of the molecule is Cc1cc(Br)c(OCc2ccc(C(=O)N/N=C\c3ccncc3)cc2)c(Br)c1. The number of hydrogen-bond donors (Lipinski definition) is 1. The molecule has 2 aromatic carbocycles. The number of hydrogen-bond acceptors (Lipinski definition) is 4. The summed E-state index contributed by atoms with van der Waals surface area (Å²) in [6.45, 7) is 2.41. The minimum Gasteiger partial charge on any atom is -0.487 e. The van der Waals surface area contributed by atoms with Crippen LogP contribution in [-0.2, 0) is 6.61 Å². The van der Waals surface area contributed by atoms with Gasteiger partial charge in [-0.1, -0.05) is 12.1 Å². The number of hydrazone groups is 1. The third-order valence-electron chi connectivity index (χ3n) is 3.83. The molecule has 0 bridgehead atoms. The Morgan fingerprint density at radius 3 is 2.39 bits per heavy atom.